The van der Waals surface area contributed by atoms with E-state index in [4.69, 9.17) is 9.47 Å². The van der Waals surface area contributed by atoms with Gasteiger partial charge in [0.2, 0.25) is 0 Å². The SMILES string of the molecule is CCCCOc1cccc(/C(O)=C2\C(=O)C(=O)N(c3nc4ccc(OCC)cc4s3)C2c2ccc(F)cc2)c1. The van der Waals surface area contributed by atoms with Gasteiger partial charge in [-0.3, -0.25) is 14.5 Å². The molecule has 1 saturated heterocycles. The van der Waals surface area contributed by atoms with Crippen LogP contribution in [0.15, 0.2) is 72.3 Å². The number of unbranched alkanes of at least 4 members (excludes halogenated alkanes) is 1. The van der Waals surface area contributed by atoms with E-state index in [0.717, 1.165) is 17.5 Å². The van der Waals surface area contributed by atoms with Crippen molar-refractivity contribution in [3.63, 3.8) is 0 Å². The van der Waals surface area contributed by atoms with Gasteiger partial charge < -0.3 is 14.6 Å². The van der Waals surface area contributed by atoms with E-state index in [1.165, 1.54) is 40.5 Å². The molecule has 1 aromatic heterocycles. The lowest BCUT2D eigenvalue weighted by Crippen LogP contribution is -2.29. The van der Waals surface area contributed by atoms with Crippen molar-refractivity contribution in [3.05, 3.63) is 89.2 Å². The molecule has 1 fully saturated rings. The number of ketones is 1. The number of benzene rings is 3. The fourth-order valence-electron chi connectivity index (χ4n) is 4.47. The minimum atomic E-state index is -1.01. The van der Waals surface area contributed by atoms with Crippen LogP contribution in [0.2, 0.25) is 0 Å². The summed E-state index contributed by atoms with van der Waals surface area (Å²) in [7, 11) is 0. The molecule has 1 atom stereocenters. The number of rotatable bonds is 9. The highest BCUT2D eigenvalue weighted by Crippen LogP contribution is 2.44. The lowest BCUT2D eigenvalue weighted by Gasteiger charge is -2.23. The Labute approximate surface area is 229 Å². The Morgan fingerprint density at radius 3 is 2.54 bits per heavy atom. The van der Waals surface area contributed by atoms with Gasteiger partial charge in [0.15, 0.2) is 5.13 Å². The predicted octanol–water partition coefficient (Wildman–Crippen LogP) is 6.64. The first-order valence-electron chi connectivity index (χ1n) is 12.7. The molecule has 5 rings (SSSR count). The van der Waals surface area contributed by atoms with Gasteiger partial charge in [0.25, 0.3) is 5.78 Å². The summed E-state index contributed by atoms with van der Waals surface area (Å²) < 4.78 is 26.0. The van der Waals surface area contributed by atoms with Crippen LogP contribution in [-0.2, 0) is 9.59 Å². The van der Waals surface area contributed by atoms with Gasteiger partial charge in [-0.1, -0.05) is 48.9 Å². The summed E-state index contributed by atoms with van der Waals surface area (Å²) in [6.45, 7) is 4.96. The van der Waals surface area contributed by atoms with Crippen molar-refractivity contribution in [1.29, 1.82) is 0 Å². The van der Waals surface area contributed by atoms with Crippen LogP contribution >= 0.6 is 11.3 Å². The molecule has 1 N–H and O–H groups in total. The molecule has 39 heavy (non-hydrogen) atoms. The minimum Gasteiger partial charge on any atom is -0.507 e. The topological polar surface area (TPSA) is 89.0 Å². The molecular weight excluding hydrogens is 519 g/mol. The number of aliphatic hydroxyl groups is 1. The molecule has 0 saturated carbocycles. The predicted molar refractivity (Wildman–Crippen MR) is 149 cm³/mol. The van der Waals surface area contributed by atoms with E-state index in [2.05, 4.69) is 11.9 Å². The maximum Gasteiger partial charge on any atom is 0.301 e. The van der Waals surface area contributed by atoms with Crippen molar-refractivity contribution < 1.29 is 28.6 Å². The number of thiazole rings is 1. The molecule has 0 aliphatic carbocycles. The molecule has 1 aliphatic rings. The molecule has 3 aromatic carbocycles. The Kier molecular flexibility index (Phi) is 7.60. The summed E-state index contributed by atoms with van der Waals surface area (Å²) in [6.07, 6.45) is 1.85. The van der Waals surface area contributed by atoms with Crippen LogP contribution in [0.5, 0.6) is 11.5 Å². The normalized spacial score (nSPS) is 16.7. The largest absolute Gasteiger partial charge is 0.507 e. The lowest BCUT2D eigenvalue weighted by molar-refractivity contribution is -0.132. The second-order valence-corrected chi connectivity index (χ2v) is 10.0. The number of fused-ring (bicyclic) bond motifs is 1. The van der Waals surface area contributed by atoms with Gasteiger partial charge in [-0.15, -0.1) is 0 Å². The van der Waals surface area contributed by atoms with Crippen molar-refractivity contribution in [2.75, 3.05) is 18.1 Å². The highest BCUT2D eigenvalue weighted by atomic mass is 32.1. The van der Waals surface area contributed by atoms with Gasteiger partial charge in [0.05, 0.1) is 35.0 Å². The molecule has 200 valence electrons. The fraction of sp³-hybridized carbons (Fsp3) is 0.233. The van der Waals surface area contributed by atoms with Crippen LogP contribution in [0.4, 0.5) is 9.52 Å². The highest BCUT2D eigenvalue weighted by Gasteiger charge is 2.48. The quantitative estimate of drug-likeness (QED) is 0.110. The molecule has 1 amide bonds. The first-order valence-corrected chi connectivity index (χ1v) is 13.6. The number of hydrogen-bond acceptors (Lipinski definition) is 7. The Bertz CT molecular complexity index is 1560. The van der Waals surface area contributed by atoms with Crippen LogP contribution in [0, 0.1) is 5.82 Å². The molecule has 4 aromatic rings. The summed E-state index contributed by atoms with van der Waals surface area (Å²) in [5, 5.41) is 11.7. The van der Waals surface area contributed by atoms with Crippen molar-refractivity contribution in [2.24, 2.45) is 0 Å². The van der Waals surface area contributed by atoms with Gasteiger partial charge in [0.1, 0.15) is 23.1 Å². The Balaban J connectivity index is 1.62. The number of aromatic nitrogens is 1. The third-order valence-corrected chi connectivity index (χ3v) is 7.39. The Morgan fingerprint density at radius 1 is 1.03 bits per heavy atom. The average Bonchev–Trinajstić information content (AvgIpc) is 3.47. The third kappa shape index (κ3) is 5.22. The first-order chi connectivity index (χ1) is 18.9. The number of amides is 1. The molecule has 1 aliphatic heterocycles. The lowest BCUT2D eigenvalue weighted by atomic mass is 9.95. The van der Waals surface area contributed by atoms with Crippen LogP contribution < -0.4 is 14.4 Å². The second-order valence-electron chi connectivity index (χ2n) is 9.01. The summed E-state index contributed by atoms with van der Waals surface area (Å²) in [5.74, 6) is -1.28. The number of hydrogen-bond donors (Lipinski definition) is 1. The minimum absolute atomic E-state index is 0.105. The third-order valence-electron chi connectivity index (χ3n) is 6.37. The van der Waals surface area contributed by atoms with Crippen LogP contribution in [0.3, 0.4) is 0 Å². The Morgan fingerprint density at radius 2 is 1.79 bits per heavy atom. The van der Waals surface area contributed by atoms with Gasteiger partial charge >= 0.3 is 5.91 Å². The number of ether oxygens (including phenoxy) is 2. The number of carbonyl (C=O) groups is 2. The van der Waals surface area contributed by atoms with Gasteiger partial charge in [-0.2, -0.15) is 0 Å². The standard InChI is InChI=1S/C30H27FN2O5S/c1-3-5-15-38-21-8-6-7-19(16-21)27(34)25-26(18-9-11-20(31)12-10-18)33(29(36)28(25)35)30-32-23-14-13-22(37-4-2)17-24(23)39-30/h6-14,16-17,26,34H,3-5,15H2,1-2H3/b27-25+. The maximum atomic E-state index is 13.8. The van der Waals surface area contributed by atoms with Gasteiger partial charge in [-0.25, -0.2) is 9.37 Å². The van der Waals surface area contributed by atoms with Crippen LogP contribution in [0.25, 0.3) is 16.0 Å². The van der Waals surface area contributed by atoms with E-state index in [1.54, 1.807) is 36.4 Å². The fourth-order valence-corrected chi connectivity index (χ4v) is 5.49. The van der Waals surface area contributed by atoms with Crippen LogP contribution in [-0.4, -0.2) is 35.0 Å². The van der Waals surface area contributed by atoms with Crippen molar-refractivity contribution in [2.45, 2.75) is 32.7 Å². The number of halogens is 1. The van der Waals surface area contributed by atoms with E-state index in [0.29, 0.717) is 41.4 Å². The molecule has 0 radical (unpaired) electrons. The van der Waals surface area contributed by atoms with E-state index in [9.17, 15) is 19.1 Å². The number of carbonyl (C=O) groups excluding carboxylic acids is 2. The van der Waals surface area contributed by atoms with E-state index >= 15 is 0 Å². The zero-order valence-corrected chi connectivity index (χ0v) is 22.3. The average molecular weight is 547 g/mol. The molecule has 9 heteroatoms. The Hall–Kier alpha value is -4.24. The zero-order valence-electron chi connectivity index (χ0n) is 21.5. The molecule has 1 unspecified atom stereocenters. The summed E-state index contributed by atoms with van der Waals surface area (Å²) in [5.41, 5.74) is 1.32. The molecule has 2 heterocycles. The summed E-state index contributed by atoms with van der Waals surface area (Å²) in [4.78, 5) is 32.8. The highest BCUT2D eigenvalue weighted by molar-refractivity contribution is 7.22. The molecule has 0 bridgehead atoms. The monoisotopic (exact) mass is 546 g/mol. The summed E-state index contributed by atoms with van der Waals surface area (Å²) >= 11 is 1.23. The van der Waals surface area contributed by atoms with E-state index < -0.39 is 23.5 Å². The number of anilines is 1. The number of Topliss-reactive ketones (excluding diaryl/α,β-unsaturated/α-hetero) is 1. The van der Waals surface area contributed by atoms with Crippen LogP contribution in [0.1, 0.15) is 43.9 Å². The maximum absolute atomic E-state index is 13.8. The van der Waals surface area contributed by atoms with Gasteiger partial charge in [0, 0.05) is 5.56 Å². The molecule has 0 spiro atoms. The van der Waals surface area contributed by atoms with Crippen molar-refractivity contribution >= 4 is 44.1 Å². The number of nitrogens with zero attached hydrogens (tertiary/aromatic N) is 2. The second kappa shape index (κ2) is 11.2. The van der Waals surface area contributed by atoms with E-state index in [1.807, 2.05) is 13.0 Å². The van der Waals surface area contributed by atoms with Gasteiger partial charge in [-0.05, 0) is 61.4 Å². The summed E-state index contributed by atoms with van der Waals surface area (Å²) in [6, 6.07) is 16.6. The smallest absolute Gasteiger partial charge is 0.301 e. The number of aliphatic hydroxyl groups excluding tert-OH is 1. The molecule has 7 nitrogen and oxygen atoms in total. The van der Waals surface area contributed by atoms with Crippen molar-refractivity contribution in [3.8, 4) is 11.5 Å². The first kappa shape index (κ1) is 26.4. The van der Waals surface area contributed by atoms with Crippen molar-refractivity contribution in [1.82, 2.24) is 4.98 Å². The van der Waals surface area contributed by atoms with E-state index in [-0.39, 0.29) is 16.5 Å². The molecular formula is C30H27FN2O5S. The zero-order chi connectivity index (χ0) is 27.5.